The van der Waals surface area contributed by atoms with Crippen molar-refractivity contribution >= 4 is 23.2 Å². The first-order valence-corrected chi connectivity index (χ1v) is 8.70. The molecule has 0 unspecified atom stereocenters. The Morgan fingerprint density at radius 1 is 1.19 bits per heavy atom. The summed E-state index contributed by atoms with van der Waals surface area (Å²) in [7, 11) is 1.37. The van der Waals surface area contributed by atoms with Crippen LogP contribution in [0.1, 0.15) is 35.1 Å². The molecule has 0 N–H and O–H groups in total. The molecule has 0 bridgehead atoms. The van der Waals surface area contributed by atoms with E-state index in [1.54, 1.807) is 6.08 Å². The Bertz CT molecular complexity index is 969. The second-order valence-corrected chi connectivity index (χ2v) is 6.32. The summed E-state index contributed by atoms with van der Waals surface area (Å²) in [6.07, 6.45) is 4.02. The van der Waals surface area contributed by atoms with Crippen LogP contribution in [0.5, 0.6) is 0 Å². The van der Waals surface area contributed by atoms with Crippen molar-refractivity contribution < 1.29 is 9.53 Å². The minimum Gasteiger partial charge on any atom is -0.466 e. The largest absolute Gasteiger partial charge is 0.466 e. The highest BCUT2D eigenvalue weighted by Crippen LogP contribution is 2.21. The molecule has 5 nitrogen and oxygen atoms in total. The fourth-order valence-corrected chi connectivity index (χ4v) is 3.03. The van der Waals surface area contributed by atoms with Gasteiger partial charge in [-0.3, -0.25) is 0 Å². The van der Waals surface area contributed by atoms with Crippen LogP contribution in [-0.4, -0.2) is 27.6 Å². The summed E-state index contributed by atoms with van der Waals surface area (Å²) in [6.45, 7) is 6.92. The minimum absolute atomic E-state index is 0.358. The lowest BCUT2D eigenvalue weighted by molar-refractivity contribution is -0.134. The van der Waals surface area contributed by atoms with Crippen molar-refractivity contribution in [2.24, 2.45) is 0 Å². The van der Waals surface area contributed by atoms with Gasteiger partial charge in [0.05, 0.1) is 13.7 Å². The quantitative estimate of drug-likeness (QED) is 0.519. The lowest BCUT2D eigenvalue weighted by atomic mass is 10.1. The van der Waals surface area contributed by atoms with Crippen molar-refractivity contribution in [3.63, 3.8) is 0 Å². The van der Waals surface area contributed by atoms with Gasteiger partial charge in [-0.25, -0.2) is 14.8 Å². The third-order valence-electron chi connectivity index (χ3n) is 4.35. The molecule has 0 atom stereocenters. The number of esters is 1. The van der Waals surface area contributed by atoms with Crippen LogP contribution in [-0.2, 0) is 22.5 Å². The third-order valence-corrected chi connectivity index (χ3v) is 4.35. The lowest BCUT2D eigenvalue weighted by Gasteiger charge is -2.09. The van der Waals surface area contributed by atoms with Crippen LogP contribution in [0, 0.1) is 13.8 Å². The molecule has 2 heterocycles. The second-order valence-electron chi connectivity index (χ2n) is 6.32. The molecule has 0 saturated carbocycles. The number of pyridine rings is 1. The summed E-state index contributed by atoms with van der Waals surface area (Å²) in [6, 6.07) is 10.2. The molecule has 3 rings (SSSR count). The number of hydrogen-bond acceptors (Lipinski definition) is 4. The first-order chi connectivity index (χ1) is 12.5. The van der Waals surface area contributed by atoms with E-state index in [9.17, 15) is 4.79 Å². The van der Waals surface area contributed by atoms with Gasteiger partial charge in [-0.15, -0.1) is 0 Å². The summed E-state index contributed by atoms with van der Waals surface area (Å²) in [4.78, 5) is 20.7. The predicted octanol–water partition coefficient (Wildman–Crippen LogP) is 3.85. The molecule has 0 spiro atoms. The Kier molecular flexibility index (Phi) is 5.16. The van der Waals surface area contributed by atoms with E-state index in [0.29, 0.717) is 0 Å². The van der Waals surface area contributed by atoms with Gasteiger partial charge in [0.1, 0.15) is 11.3 Å². The molecule has 0 amide bonds. The molecule has 0 saturated heterocycles. The van der Waals surface area contributed by atoms with Crippen LogP contribution in [0.3, 0.4) is 0 Å². The number of carbonyl (C=O) groups excluding carboxylic acids is 1. The fourth-order valence-electron chi connectivity index (χ4n) is 3.03. The average Bonchev–Trinajstić information content (AvgIpc) is 2.98. The first kappa shape index (κ1) is 17.9. The Morgan fingerprint density at radius 3 is 2.58 bits per heavy atom. The number of imidazole rings is 1. The van der Waals surface area contributed by atoms with Gasteiger partial charge >= 0.3 is 5.97 Å². The highest BCUT2D eigenvalue weighted by Gasteiger charge is 2.13. The number of nitrogens with zero attached hydrogens (tertiary/aromatic N) is 3. The molecular formula is C21H23N3O2. The van der Waals surface area contributed by atoms with Gasteiger partial charge < -0.3 is 9.30 Å². The maximum absolute atomic E-state index is 11.2. The fraction of sp³-hybridized carbons (Fsp3) is 0.286. The Morgan fingerprint density at radius 2 is 1.92 bits per heavy atom. The smallest absolute Gasteiger partial charge is 0.330 e. The van der Waals surface area contributed by atoms with Crippen molar-refractivity contribution in [1.82, 2.24) is 14.5 Å². The van der Waals surface area contributed by atoms with Crippen LogP contribution in [0.25, 0.3) is 17.2 Å². The molecule has 1 aromatic carbocycles. The van der Waals surface area contributed by atoms with Gasteiger partial charge in [-0.05, 0) is 42.7 Å². The number of hydrogen-bond donors (Lipinski definition) is 0. The zero-order valence-corrected chi connectivity index (χ0v) is 15.6. The molecule has 0 aliphatic rings. The first-order valence-electron chi connectivity index (χ1n) is 8.70. The zero-order valence-electron chi connectivity index (χ0n) is 15.6. The van der Waals surface area contributed by atoms with Crippen LogP contribution < -0.4 is 0 Å². The number of aryl methyl sites for hydroxylation is 3. The van der Waals surface area contributed by atoms with Crippen LogP contribution in [0.4, 0.5) is 0 Å². The van der Waals surface area contributed by atoms with Crippen LogP contribution >= 0.6 is 0 Å². The number of methoxy groups -OCH3 is 1. The van der Waals surface area contributed by atoms with E-state index in [1.807, 2.05) is 19.1 Å². The zero-order chi connectivity index (χ0) is 18.7. The van der Waals surface area contributed by atoms with E-state index >= 15 is 0 Å². The number of ether oxygens (including phenoxy) is 1. The van der Waals surface area contributed by atoms with E-state index in [-0.39, 0.29) is 5.97 Å². The standard InChI is InChI=1S/C21H23N3O2/c1-5-18-23-20-14(2)12-15(3)22-21(20)24(18)13-17-8-6-16(7-9-17)10-11-19(25)26-4/h6-12H,5,13H2,1-4H3. The summed E-state index contributed by atoms with van der Waals surface area (Å²) >= 11 is 0. The lowest BCUT2D eigenvalue weighted by Crippen LogP contribution is -2.05. The Labute approximate surface area is 153 Å². The predicted molar refractivity (Wildman–Crippen MR) is 103 cm³/mol. The third kappa shape index (κ3) is 3.67. The molecule has 2 aromatic heterocycles. The maximum Gasteiger partial charge on any atom is 0.330 e. The molecular weight excluding hydrogens is 326 g/mol. The van der Waals surface area contributed by atoms with Crippen molar-refractivity contribution in [3.05, 3.63) is 64.6 Å². The summed E-state index contributed by atoms with van der Waals surface area (Å²) < 4.78 is 6.80. The number of rotatable bonds is 5. The molecule has 0 fully saturated rings. The van der Waals surface area contributed by atoms with Crippen molar-refractivity contribution in [2.75, 3.05) is 7.11 Å². The van der Waals surface area contributed by atoms with Crippen LogP contribution in [0.15, 0.2) is 36.4 Å². The molecule has 134 valence electrons. The Balaban J connectivity index is 1.91. The van der Waals surface area contributed by atoms with E-state index in [4.69, 9.17) is 9.97 Å². The van der Waals surface area contributed by atoms with Gasteiger partial charge in [0.2, 0.25) is 0 Å². The summed E-state index contributed by atoms with van der Waals surface area (Å²) in [5.41, 5.74) is 6.19. The van der Waals surface area contributed by atoms with Crippen molar-refractivity contribution in [2.45, 2.75) is 33.7 Å². The monoisotopic (exact) mass is 349 g/mol. The van der Waals surface area contributed by atoms with E-state index in [2.05, 4.69) is 41.4 Å². The number of fused-ring (bicyclic) bond motifs is 1. The topological polar surface area (TPSA) is 57.0 Å². The van der Waals surface area contributed by atoms with Crippen LogP contribution in [0.2, 0.25) is 0 Å². The molecule has 0 radical (unpaired) electrons. The van der Waals surface area contributed by atoms with Gasteiger partial charge in [0, 0.05) is 18.2 Å². The average molecular weight is 349 g/mol. The van der Waals surface area contributed by atoms with E-state index in [0.717, 1.165) is 52.3 Å². The summed E-state index contributed by atoms with van der Waals surface area (Å²) in [5.74, 6) is 0.680. The van der Waals surface area contributed by atoms with Gasteiger partial charge in [0.15, 0.2) is 5.65 Å². The van der Waals surface area contributed by atoms with E-state index < -0.39 is 0 Å². The normalized spacial score (nSPS) is 11.4. The van der Waals surface area contributed by atoms with Crippen molar-refractivity contribution in [1.29, 1.82) is 0 Å². The highest BCUT2D eigenvalue weighted by molar-refractivity contribution is 5.86. The molecule has 0 aliphatic heterocycles. The second kappa shape index (κ2) is 7.52. The summed E-state index contributed by atoms with van der Waals surface area (Å²) in [5, 5.41) is 0. The number of aromatic nitrogens is 3. The minimum atomic E-state index is -0.358. The maximum atomic E-state index is 11.2. The SMILES string of the molecule is CCc1nc2c(C)cc(C)nc2n1Cc1ccc(C=CC(=O)OC)cc1. The highest BCUT2D eigenvalue weighted by atomic mass is 16.5. The molecule has 26 heavy (non-hydrogen) atoms. The number of benzene rings is 1. The van der Waals surface area contributed by atoms with Gasteiger partial charge in [-0.1, -0.05) is 31.2 Å². The number of carbonyl (C=O) groups is 1. The molecule has 0 aliphatic carbocycles. The molecule has 5 heteroatoms. The Hall–Kier alpha value is -2.95. The van der Waals surface area contributed by atoms with Gasteiger partial charge in [-0.2, -0.15) is 0 Å². The van der Waals surface area contributed by atoms with E-state index in [1.165, 1.54) is 13.2 Å². The molecule has 3 aromatic rings. The van der Waals surface area contributed by atoms with Gasteiger partial charge in [0.25, 0.3) is 0 Å². The van der Waals surface area contributed by atoms with Crippen molar-refractivity contribution in [3.8, 4) is 0 Å².